The van der Waals surface area contributed by atoms with Gasteiger partial charge in [0.05, 0.1) is 12.8 Å². The van der Waals surface area contributed by atoms with Crippen LogP contribution in [0, 0.1) is 17.0 Å². The lowest BCUT2D eigenvalue weighted by molar-refractivity contribution is -0.138. The summed E-state index contributed by atoms with van der Waals surface area (Å²) in [5.74, 6) is -2.70. The van der Waals surface area contributed by atoms with Crippen LogP contribution in [0.1, 0.15) is 19.6 Å². The summed E-state index contributed by atoms with van der Waals surface area (Å²) in [7, 11) is 0. The van der Waals surface area contributed by atoms with E-state index in [9.17, 15) is 18.4 Å². The third-order valence-electron chi connectivity index (χ3n) is 3.32. The predicted molar refractivity (Wildman–Crippen MR) is 79.3 cm³/mol. The van der Waals surface area contributed by atoms with Crippen LogP contribution in [-0.4, -0.2) is 11.8 Å². The predicted octanol–water partition coefficient (Wildman–Crippen LogP) is 2.84. The van der Waals surface area contributed by atoms with Crippen molar-refractivity contribution >= 4 is 17.5 Å². The van der Waals surface area contributed by atoms with E-state index in [0.717, 1.165) is 12.1 Å². The molecule has 23 heavy (non-hydrogen) atoms. The van der Waals surface area contributed by atoms with Gasteiger partial charge in [0.25, 0.3) is 0 Å². The molecule has 2 amide bonds. The van der Waals surface area contributed by atoms with Gasteiger partial charge < -0.3 is 15.1 Å². The quantitative estimate of drug-likeness (QED) is 0.832. The van der Waals surface area contributed by atoms with E-state index in [1.807, 2.05) is 0 Å². The molecule has 0 aliphatic heterocycles. The Hall–Kier alpha value is -2.70. The molecule has 0 spiro atoms. The maximum atomic E-state index is 13.1. The topological polar surface area (TPSA) is 71.3 Å². The maximum Gasteiger partial charge on any atom is 0.239 e. The SMILES string of the molecule is CC(C)(C(=O)NCc1ccco1)C(=O)Nc1ccc(F)c(F)c1. The van der Waals surface area contributed by atoms with Crippen LogP contribution in [0.3, 0.4) is 0 Å². The lowest BCUT2D eigenvalue weighted by Crippen LogP contribution is -2.44. The number of halogens is 2. The van der Waals surface area contributed by atoms with Crippen molar-refractivity contribution < 1.29 is 22.8 Å². The highest BCUT2D eigenvalue weighted by atomic mass is 19.2. The van der Waals surface area contributed by atoms with Crippen molar-refractivity contribution in [2.75, 3.05) is 5.32 Å². The van der Waals surface area contributed by atoms with Gasteiger partial charge in [0.1, 0.15) is 11.2 Å². The number of nitrogens with one attached hydrogen (secondary N) is 2. The third-order valence-corrected chi connectivity index (χ3v) is 3.32. The zero-order chi connectivity index (χ0) is 17.0. The molecule has 7 heteroatoms. The Balaban J connectivity index is 2.00. The molecule has 2 rings (SSSR count). The molecule has 0 saturated heterocycles. The summed E-state index contributed by atoms with van der Waals surface area (Å²) in [5.41, 5.74) is -1.34. The standard InChI is InChI=1S/C16H16F2N2O3/c1-16(2,14(21)19-9-11-4-3-7-23-11)15(22)20-10-5-6-12(17)13(18)8-10/h3-8H,9H2,1-2H3,(H,19,21)(H,20,22). The summed E-state index contributed by atoms with van der Waals surface area (Å²) in [6.07, 6.45) is 1.47. The van der Waals surface area contributed by atoms with E-state index in [1.54, 1.807) is 12.1 Å². The van der Waals surface area contributed by atoms with Crippen LogP contribution in [0.5, 0.6) is 0 Å². The van der Waals surface area contributed by atoms with E-state index in [1.165, 1.54) is 26.2 Å². The Morgan fingerprint density at radius 1 is 1.13 bits per heavy atom. The number of hydrogen-bond donors (Lipinski definition) is 2. The number of furan rings is 1. The normalized spacial score (nSPS) is 11.1. The van der Waals surface area contributed by atoms with Gasteiger partial charge in [-0.15, -0.1) is 0 Å². The van der Waals surface area contributed by atoms with Crippen molar-refractivity contribution in [3.63, 3.8) is 0 Å². The summed E-state index contributed by atoms with van der Waals surface area (Å²) >= 11 is 0. The zero-order valence-corrected chi connectivity index (χ0v) is 12.7. The van der Waals surface area contributed by atoms with Gasteiger partial charge in [-0.25, -0.2) is 8.78 Å². The van der Waals surface area contributed by atoms with Crippen LogP contribution in [0.2, 0.25) is 0 Å². The van der Waals surface area contributed by atoms with Crippen molar-refractivity contribution in [2.24, 2.45) is 5.41 Å². The molecule has 2 aromatic rings. The van der Waals surface area contributed by atoms with Crippen molar-refractivity contribution in [3.8, 4) is 0 Å². The smallest absolute Gasteiger partial charge is 0.239 e. The van der Waals surface area contributed by atoms with E-state index in [-0.39, 0.29) is 12.2 Å². The Morgan fingerprint density at radius 3 is 2.48 bits per heavy atom. The lowest BCUT2D eigenvalue weighted by atomic mass is 9.91. The first-order valence-electron chi connectivity index (χ1n) is 6.88. The van der Waals surface area contributed by atoms with E-state index in [4.69, 9.17) is 4.42 Å². The van der Waals surface area contributed by atoms with E-state index < -0.39 is 28.9 Å². The molecule has 122 valence electrons. The average Bonchev–Trinajstić information content (AvgIpc) is 3.01. The highest BCUT2D eigenvalue weighted by molar-refractivity contribution is 6.09. The first kappa shape index (κ1) is 16.7. The Labute approximate surface area is 131 Å². The molecule has 0 radical (unpaired) electrons. The maximum absolute atomic E-state index is 13.1. The molecule has 1 aromatic heterocycles. The largest absolute Gasteiger partial charge is 0.467 e. The van der Waals surface area contributed by atoms with Gasteiger partial charge in [0.15, 0.2) is 11.6 Å². The van der Waals surface area contributed by atoms with Gasteiger partial charge in [0.2, 0.25) is 11.8 Å². The molecular formula is C16H16F2N2O3. The number of rotatable bonds is 5. The Morgan fingerprint density at radius 2 is 1.87 bits per heavy atom. The van der Waals surface area contributed by atoms with Gasteiger partial charge in [0, 0.05) is 11.8 Å². The highest BCUT2D eigenvalue weighted by Crippen LogP contribution is 2.20. The molecule has 1 aromatic carbocycles. The molecule has 5 nitrogen and oxygen atoms in total. The molecule has 0 aliphatic carbocycles. The van der Waals surface area contributed by atoms with Crippen LogP contribution < -0.4 is 10.6 Å². The van der Waals surface area contributed by atoms with Gasteiger partial charge in [-0.3, -0.25) is 9.59 Å². The number of amides is 2. The van der Waals surface area contributed by atoms with Crippen molar-refractivity contribution in [2.45, 2.75) is 20.4 Å². The summed E-state index contributed by atoms with van der Waals surface area (Å²) in [4.78, 5) is 24.4. The summed E-state index contributed by atoms with van der Waals surface area (Å²) in [6.45, 7) is 3.01. The van der Waals surface area contributed by atoms with E-state index in [2.05, 4.69) is 10.6 Å². The number of hydrogen-bond acceptors (Lipinski definition) is 3. The number of carbonyl (C=O) groups excluding carboxylic acids is 2. The van der Waals surface area contributed by atoms with Crippen LogP contribution in [0.4, 0.5) is 14.5 Å². The second kappa shape index (κ2) is 6.60. The third kappa shape index (κ3) is 3.94. The summed E-state index contributed by atoms with van der Waals surface area (Å²) < 4.78 is 31.1. The fourth-order valence-electron chi connectivity index (χ4n) is 1.77. The molecule has 0 aliphatic rings. The number of carbonyl (C=O) groups is 2. The lowest BCUT2D eigenvalue weighted by Gasteiger charge is -2.22. The van der Waals surface area contributed by atoms with Crippen LogP contribution in [-0.2, 0) is 16.1 Å². The van der Waals surface area contributed by atoms with Crippen molar-refractivity contribution in [1.82, 2.24) is 5.32 Å². The molecule has 0 saturated carbocycles. The van der Waals surface area contributed by atoms with Gasteiger partial charge in [-0.2, -0.15) is 0 Å². The monoisotopic (exact) mass is 322 g/mol. The van der Waals surface area contributed by atoms with E-state index in [0.29, 0.717) is 5.76 Å². The second-order valence-corrected chi connectivity index (χ2v) is 5.47. The Kier molecular flexibility index (Phi) is 4.78. The van der Waals surface area contributed by atoms with Gasteiger partial charge >= 0.3 is 0 Å². The van der Waals surface area contributed by atoms with Gasteiger partial charge in [-0.05, 0) is 38.1 Å². The number of benzene rings is 1. The van der Waals surface area contributed by atoms with Crippen molar-refractivity contribution in [1.29, 1.82) is 0 Å². The summed E-state index contributed by atoms with van der Waals surface area (Å²) in [6, 6.07) is 6.34. The summed E-state index contributed by atoms with van der Waals surface area (Å²) in [5, 5.41) is 4.98. The van der Waals surface area contributed by atoms with Crippen LogP contribution in [0.25, 0.3) is 0 Å². The fraction of sp³-hybridized carbons (Fsp3) is 0.250. The van der Waals surface area contributed by atoms with Gasteiger partial charge in [-0.1, -0.05) is 0 Å². The molecule has 0 atom stereocenters. The minimum Gasteiger partial charge on any atom is -0.467 e. The first-order valence-corrected chi connectivity index (χ1v) is 6.88. The molecule has 0 fully saturated rings. The van der Waals surface area contributed by atoms with Crippen molar-refractivity contribution in [3.05, 3.63) is 54.0 Å². The molecule has 1 heterocycles. The Bertz CT molecular complexity index is 712. The minimum absolute atomic E-state index is 0.0702. The molecular weight excluding hydrogens is 306 g/mol. The molecule has 2 N–H and O–H groups in total. The first-order chi connectivity index (χ1) is 10.8. The van der Waals surface area contributed by atoms with E-state index >= 15 is 0 Å². The zero-order valence-electron chi connectivity index (χ0n) is 12.7. The van der Waals surface area contributed by atoms with Crippen LogP contribution >= 0.6 is 0 Å². The fourth-order valence-corrected chi connectivity index (χ4v) is 1.77. The molecule has 0 unspecified atom stereocenters. The molecule has 0 bridgehead atoms. The van der Waals surface area contributed by atoms with Crippen LogP contribution in [0.15, 0.2) is 41.0 Å². The average molecular weight is 322 g/mol. The minimum atomic E-state index is -1.41. The highest BCUT2D eigenvalue weighted by Gasteiger charge is 2.36. The second-order valence-electron chi connectivity index (χ2n) is 5.47. The number of anilines is 1.